The van der Waals surface area contributed by atoms with Gasteiger partial charge in [0.05, 0.1) is 0 Å². The summed E-state index contributed by atoms with van der Waals surface area (Å²) in [4.78, 5) is 22.9. The monoisotopic (exact) mass is 318 g/mol. The molecule has 2 atom stereocenters. The third kappa shape index (κ3) is 11.4. The lowest BCUT2D eigenvalue weighted by Crippen LogP contribution is -2.47. The zero-order valence-corrected chi connectivity index (χ0v) is 14.0. The molecule has 2 fully saturated rings. The van der Waals surface area contributed by atoms with Crippen LogP contribution in [-0.2, 0) is 9.59 Å². The first-order chi connectivity index (χ1) is 10.2. The van der Waals surface area contributed by atoms with Crippen LogP contribution in [0.4, 0.5) is 0 Å². The molecule has 0 saturated carbocycles. The van der Waals surface area contributed by atoms with E-state index in [0.29, 0.717) is 12.1 Å². The molecular weight excluding hydrogens is 288 g/mol. The zero-order valence-electron chi connectivity index (χ0n) is 14.0. The van der Waals surface area contributed by atoms with Gasteiger partial charge < -0.3 is 30.6 Å². The number of hydrogen-bond acceptors (Lipinski definition) is 6. The average Bonchev–Trinajstić information content (AvgIpc) is 2.39. The molecule has 22 heavy (non-hydrogen) atoms. The molecule has 2 aliphatic rings. The first-order valence-electron chi connectivity index (χ1n) is 7.52. The summed E-state index contributed by atoms with van der Waals surface area (Å²) in [5.41, 5.74) is 0. The molecule has 4 N–H and O–H groups in total. The Balaban J connectivity index is 0.000000306. The number of rotatable bonds is 0. The van der Waals surface area contributed by atoms with Gasteiger partial charge in [-0.05, 0) is 27.9 Å². The minimum atomic E-state index is -1.82. The van der Waals surface area contributed by atoms with Crippen molar-refractivity contribution < 1.29 is 19.8 Å². The van der Waals surface area contributed by atoms with Crippen LogP contribution >= 0.6 is 0 Å². The summed E-state index contributed by atoms with van der Waals surface area (Å²) in [7, 11) is 4.33. The van der Waals surface area contributed by atoms with Gasteiger partial charge in [0.1, 0.15) is 0 Å². The Kier molecular flexibility index (Phi) is 10.7. The topological polar surface area (TPSA) is 105 Å². The third-order valence-corrected chi connectivity index (χ3v) is 3.33. The highest BCUT2D eigenvalue weighted by Gasteiger charge is 2.10. The molecule has 8 heteroatoms. The number of piperazine rings is 2. The van der Waals surface area contributed by atoms with Gasteiger partial charge in [-0.3, -0.25) is 0 Å². The van der Waals surface area contributed by atoms with Crippen LogP contribution in [0.15, 0.2) is 0 Å². The molecule has 130 valence electrons. The standard InChI is InChI=1S/2C6H14N2.C2H2O4/c2*1-6-5-8(2)4-3-7-6;3-1(4)2(5)6/h2*6-7H,3-5H2,1-2H3;(H,3,4)(H,5,6)/t2*6-;/m00./s1. The first kappa shape index (κ1) is 20.8. The van der Waals surface area contributed by atoms with Crippen molar-refractivity contribution in [3.05, 3.63) is 0 Å². The van der Waals surface area contributed by atoms with Crippen molar-refractivity contribution in [1.82, 2.24) is 20.4 Å². The number of nitrogens with one attached hydrogen (secondary N) is 2. The summed E-state index contributed by atoms with van der Waals surface area (Å²) in [6, 6.07) is 1.38. The maximum Gasteiger partial charge on any atom is 0.414 e. The van der Waals surface area contributed by atoms with E-state index in [9.17, 15) is 0 Å². The summed E-state index contributed by atoms with van der Waals surface area (Å²) >= 11 is 0. The van der Waals surface area contributed by atoms with Gasteiger partial charge in [-0.2, -0.15) is 0 Å². The smallest absolute Gasteiger partial charge is 0.414 e. The van der Waals surface area contributed by atoms with Gasteiger partial charge in [-0.15, -0.1) is 0 Å². The van der Waals surface area contributed by atoms with Crippen LogP contribution in [0.3, 0.4) is 0 Å². The molecule has 0 aromatic carbocycles. The molecule has 0 amide bonds. The van der Waals surface area contributed by atoms with Gasteiger partial charge in [0.25, 0.3) is 0 Å². The number of carboxylic acids is 2. The largest absolute Gasteiger partial charge is 0.473 e. The van der Waals surface area contributed by atoms with E-state index in [-0.39, 0.29) is 0 Å². The second kappa shape index (κ2) is 11.4. The molecule has 0 bridgehead atoms. The number of likely N-dealkylation sites (N-methyl/N-ethyl adjacent to an activating group) is 2. The molecule has 2 aliphatic heterocycles. The van der Waals surface area contributed by atoms with Crippen LogP contribution in [0.1, 0.15) is 13.8 Å². The molecule has 2 rings (SSSR count). The Hall–Kier alpha value is -1.22. The van der Waals surface area contributed by atoms with Crippen LogP contribution in [-0.4, -0.2) is 97.4 Å². The van der Waals surface area contributed by atoms with Crippen LogP contribution in [0, 0.1) is 0 Å². The number of aliphatic carboxylic acids is 2. The van der Waals surface area contributed by atoms with Gasteiger partial charge in [0, 0.05) is 51.4 Å². The summed E-state index contributed by atoms with van der Waals surface area (Å²) < 4.78 is 0. The van der Waals surface area contributed by atoms with Crippen LogP contribution in [0.2, 0.25) is 0 Å². The second-order valence-corrected chi connectivity index (χ2v) is 5.85. The number of carbonyl (C=O) groups is 2. The van der Waals surface area contributed by atoms with Crippen molar-refractivity contribution in [2.24, 2.45) is 0 Å². The second-order valence-electron chi connectivity index (χ2n) is 5.85. The van der Waals surface area contributed by atoms with E-state index in [0.717, 1.165) is 13.1 Å². The van der Waals surface area contributed by atoms with Crippen molar-refractivity contribution in [2.75, 3.05) is 53.4 Å². The molecule has 2 saturated heterocycles. The Labute approximate surface area is 132 Å². The highest BCUT2D eigenvalue weighted by molar-refractivity contribution is 6.27. The fraction of sp³-hybridized carbons (Fsp3) is 0.857. The Morgan fingerprint density at radius 1 is 0.864 bits per heavy atom. The van der Waals surface area contributed by atoms with Crippen molar-refractivity contribution in [3.8, 4) is 0 Å². The van der Waals surface area contributed by atoms with E-state index < -0.39 is 11.9 Å². The van der Waals surface area contributed by atoms with Crippen molar-refractivity contribution in [2.45, 2.75) is 25.9 Å². The molecule has 2 heterocycles. The summed E-state index contributed by atoms with van der Waals surface area (Å²) in [5.74, 6) is -3.65. The molecule has 0 unspecified atom stereocenters. The van der Waals surface area contributed by atoms with Crippen LogP contribution in [0.25, 0.3) is 0 Å². The lowest BCUT2D eigenvalue weighted by atomic mass is 10.2. The fourth-order valence-electron chi connectivity index (χ4n) is 2.25. The number of carboxylic acid groups (broad SMARTS) is 2. The molecule has 0 radical (unpaired) electrons. The van der Waals surface area contributed by atoms with Gasteiger partial charge >= 0.3 is 11.9 Å². The SMILES string of the molecule is C[C@H]1CN(C)CCN1.C[C@H]1CN(C)CCN1.O=C(O)C(=O)O. The first-order valence-corrected chi connectivity index (χ1v) is 7.52. The van der Waals surface area contributed by atoms with Gasteiger partial charge in [0.15, 0.2) is 0 Å². The van der Waals surface area contributed by atoms with Crippen molar-refractivity contribution >= 4 is 11.9 Å². The number of hydrogen-bond donors (Lipinski definition) is 4. The van der Waals surface area contributed by atoms with E-state index in [2.05, 4.69) is 48.4 Å². The lowest BCUT2D eigenvalue weighted by molar-refractivity contribution is -0.159. The molecule has 0 spiro atoms. The highest BCUT2D eigenvalue weighted by Crippen LogP contribution is 1.93. The normalized spacial score (nSPS) is 26.0. The predicted octanol–water partition coefficient (Wildman–Crippen LogP) is -1.02. The molecule has 8 nitrogen and oxygen atoms in total. The minimum absolute atomic E-state index is 0.689. The predicted molar refractivity (Wildman–Crippen MR) is 85.2 cm³/mol. The highest BCUT2D eigenvalue weighted by atomic mass is 16.4. The quantitative estimate of drug-likeness (QED) is 0.421. The maximum atomic E-state index is 9.10. The van der Waals surface area contributed by atoms with Crippen molar-refractivity contribution in [3.63, 3.8) is 0 Å². The van der Waals surface area contributed by atoms with E-state index in [1.807, 2.05) is 0 Å². The Morgan fingerprint density at radius 2 is 1.18 bits per heavy atom. The van der Waals surface area contributed by atoms with E-state index in [4.69, 9.17) is 19.8 Å². The molecule has 0 aromatic rings. The van der Waals surface area contributed by atoms with Crippen molar-refractivity contribution in [1.29, 1.82) is 0 Å². The fourth-order valence-corrected chi connectivity index (χ4v) is 2.25. The minimum Gasteiger partial charge on any atom is -0.473 e. The molecular formula is C14H30N4O4. The maximum absolute atomic E-state index is 9.10. The van der Waals surface area contributed by atoms with E-state index >= 15 is 0 Å². The van der Waals surface area contributed by atoms with Crippen LogP contribution < -0.4 is 10.6 Å². The van der Waals surface area contributed by atoms with E-state index in [1.165, 1.54) is 26.2 Å². The van der Waals surface area contributed by atoms with Gasteiger partial charge in [-0.1, -0.05) is 0 Å². The Bertz CT molecular complexity index is 293. The van der Waals surface area contributed by atoms with Gasteiger partial charge in [0.2, 0.25) is 0 Å². The number of nitrogens with zero attached hydrogens (tertiary/aromatic N) is 2. The third-order valence-electron chi connectivity index (χ3n) is 3.33. The average molecular weight is 318 g/mol. The summed E-state index contributed by atoms with van der Waals surface area (Å²) in [5, 5.41) is 21.5. The van der Waals surface area contributed by atoms with Gasteiger partial charge in [-0.25, -0.2) is 9.59 Å². The van der Waals surface area contributed by atoms with E-state index in [1.54, 1.807) is 0 Å². The molecule has 0 aromatic heterocycles. The molecule has 0 aliphatic carbocycles. The zero-order chi connectivity index (χ0) is 17.1. The lowest BCUT2D eigenvalue weighted by Gasteiger charge is -2.28. The van der Waals surface area contributed by atoms with Crippen LogP contribution in [0.5, 0.6) is 0 Å². The summed E-state index contributed by atoms with van der Waals surface area (Å²) in [6.45, 7) is 11.5. The summed E-state index contributed by atoms with van der Waals surface area (Å²) in [6.07, 6.45) is 0. The Morgan fingerprint density at radius 3 is 1.32 bits per heavy atom.